The van der Waals surface area contributed by atoms with E-state index >= 15 is 0 Å². The topological polar surface area (TPSA) is 153 Å². The van der Waals surface area contributed by atoms with E-state index in [1.165, 1.54) is 12.5 Å². The molecule has 2 amide bonds. The van der Waals surface area contributed by atoms with Crippen LogP contribution in [0.1, 0.15) is 36.2 Å². The van der Waals surface area contributed by atoms with E-state index in [2.05, 4.69) is 17.6 Å². The molecule has 0 aliphatic carbocycles. The number of aliphatic hydroxyl groups is 2. The summed E-state index contributed by atoms with van der Waals surface area (Å²) in [4.78, 5) is 48.1. The Balaban J connectivity index is 2.14. The van der Waals surface area contributed by atoms with E-state index < -0.39 is 54.8 Å². The zero-order valence-electron chi connectivity index (χ0n) is 18.4. The second kappa shape index (κ2) is 11.9. The van der Waals surface area contributed by atoms with Crippen molar-refractivity contribution in [3.63, 3.8) is 0 Å². The Labute approximate surface area is 191 Å². The molecule has 2 rings (SSSR count). The van der Waals surface area contributed by atoms with Crippen LogP contribution in [0.2, 0.25) is 0 Å². The van der Waals surface area contributed by atoms with E-state index in [-0.39, 0.29) is 5.56 Å². The van der Waals surface area contributed by atoms with Gasteiger partial charge in [-0.3, -0.25) is 19.2 Å². The number of carbonyl (C=O) groups excluding carboxylic acids is 3. The molecular formula is C24H28N2O7. The normalized spacial score (nSPS) is 13.5. The highest BCUT2D eigenvalue weighted by molar-refractivity contribution is 6.00. The maximum absolute atomic E-state index is 12.6. The maximum Gasteiger partial charge on any atom is 0.305 e. The average Bonchev–Trinajstić information content (AvgIpc) is 2.81. The summed E-state index contributed by atoms with van der Waals surface area (Å²) in [5.41, 5.74) is 3.28. The fraction of sp³-hybridized carbons (Fsp3) is 0.333. The lowest BCUT2D eigenvalue weighted by Crippen LogP contribution is -2.55. The lowest BCUT2D eigenvalue weighted by Gasteiger charge is -2.23. The van der Waals surface area contributed by atoms with Gasteiger partial charge >= 0.3 is 5.97 Å². The highest BCUT2D eigenvalue weighted by atomic mass is 16.4. The molecule has 0 saturated heterocycles. The number of Topliss-reactive ketones (excluding diaryl/α,β-unsaturated/α-hetero) is 1. The quantitative estimate of drug-likeness (QED) is 0.337. The number of nitrogens with one attached hydrogen (secondary N) is 2. The first kappa shape index (κ1) is 25.7. The van der Waals surface area contributed by atoms with Crippen molar-refractivity contribution in [3.8, 4) is 11.1 Å². The van der Waals surface area contributed by atoms with Crippen molar-refractivity contribution in [1.82, 2.24) is 10.6 Å². The molecule has 0 heterocycles. The van der Waals surface area contributed by atoms with Crippen molar-refractivity contribution in [3.05, 3.63) is 59.7 Å². The molecule has 0 unspecified atom stereocenters. The summed E-state index contributed by atoms with van der Waals surface area (Å²) in [6.07, 6.45) is -1.13. The van der Waals surface area contributed by atoms with E-state index in [1.54, 1.807) is 24.3 Å². The van der Waals surface area contributed by atoms with E-state index in [4.69, 9.17) is 10.2 Å². The fourth-order valence-corrected chi connectivity index (χ4v) is 3.19. The molecule has 3 atom stereocenters. The number of aliphatic hydroxyl groups excluding tert-OH is 2. The average molecular weight is 456 g/mol. The van der Waals surface area contributed by atoms with Gasteiger partial charge in [-0.25, -0.2) is 0 Å². The van der Waals surface area contributed by atoms with Gasteiger partial charge in [-0.1, -0.05) is 43.3 Å². The monoisotopic (exact) mass is 456 g/mol. The van der Waals surface area contributed by atoms with Crippen LogP contribution < -0.4 is 10.6 Å². The Hall–Kier alpha value is -3.56. The molecule has 0 fully saturated rings. The first-order valence-electron chi connectivity index (χ1n) is 10.5. The van der Waals surface area contributed by atoms with Gasteiger partial charge in [0.25, 0.3) is 5.91 Å². The Bertz CT molecular complexity index is 985. The molecule has 0 aliphatic rings. The molecule has 176 valence electrons. The molecule has 5 N–H and O–H groups in total. The lowest BCUT2D eigenvalue weighted by atomic mass is 10.0. The molecule has 0 aromatic heterocycles. The number of carboxylic acids is 1. The van der Waals surface area contributed by atoms with E-state index in [0.29, 0.717) is 0 Å². The summed E-state index contributed by atoms with van der Waals surface area (Å²) in [7, 11) is 0. The fourth-order valence-electron chi connectivity index (χ4n) is 3.19. The van der Waals surface area contributed by atoms with Crippen LogP contribution >= 0.6 is 0 Å². The van der Waals surface area contributed by atoms with Crippen molar-refractivity contribution < 1.29 is 34.5 Å². The van der Waals surface area contributed by atoms with Crippen molar-refractivity contribution in [2.45, 2.75) is 44.9 Å². The predicted molar refractivity (Wildman–Crippen MR) is 120 cm³/mol. The van der Waals surface area contributed by atoms with Gasteiger partial charge in [-0.2, -0.15) is 0 Å². The van der Waals surface area contributed by atoms with Gasteiger partial charge in [0.05, 0.1) is 12.5 Å². The molecule has 33 heavy (non-hydrogen) atoms. The van der Waals surface area contributed by atoms with Gasteiger partial charge in [0.2, 0.25) is 5.91 Å². The molecule has 2 aromatic rings. The Morgan fingerprint density at radius 2 is 1.45 bits per heavy atom. The highest BCUT2D eigenvalue weighted by Gasteiger charge is 2.30. The van der Waals surface area contributed by atoms with Crippen molar-refractivity contribution in [1.29, 1.82) is 0 Å². The second-order valence-electron chi connectivity index (χ2n) is 7.60. The van der Waals surface area contributed by atoms with Crippen LogP contribution in [0.5, 0.6) is 0 Å². The first-order chi connectivity index (χ1) is 15.7. The third-order valence-electron chi connectivity index (χ3n) is 5.13. The molecule has 0 bridgehead atoms. The molecule has 0 aliphatic heterocycles. The van der Waals surface area contributed by atoms with Crippen LogP contribution in [-0.2, 0) is 20.8 Å². The second-order valence-corrected chi connectivity index (χ2v) is 7.60. The van der Waals surface area contributed by atoms with Crippen LogP contribution in [0.15, 0.2) is 48.5 Å². The Morgan fingerprint density at radius 3 is 1.91 bits per heavy atom. The molecule has 9 nitrogen and oxygen atoms in total. The molecule has 2 aromatic carbocycles. The van der Waals surface area contributed by atoms with Crippen LogP contribution in [-0.4, -0.2) is 63.7 Å². The zero-order valence-corrected chi connectivity index (χ0v) is 18.4. The Morgan fingerprint density at radius 1 is 0.909 bits per heavy atom. The number of benzene rings is 2. The van der Waals surface area contributed by atoms with Crippen LogP contribution in [0.25, 0.3) is 11.1 Å². The molecule has 9 heteroatoms. The third kappa shape index (κ3) is 7.23. The number of aryl methyl sites for hydroxylation is 1. The molecule has 0 spiro atoms. The highest BCUT2D eigenvalue weighted by Crippen LogP contribution is 2.20. The van der Waals surface area contributed by atoms with Gasteiger partial charge < -0.3 is 26.0 Å². The number of hydrogen-bond acceptors (Lipinski definition) is 6. The summed E-state index contributed by atoms with van der Waals surface area (Å²) in [6.45, 7) is 2.38. The largest absolute Gasteiger partial charge is 0.481 e. The molecule has 0 radical (unpaired) electrons. The Kier molecular flexibility index (Phi) is 9.26. The van der Waals surface area contributed by atoms with Gasteiger partial charge in [-0.05, 0) is 42.2 Å². The smallest absolute Gasteiger partial charge is 0.305 e. The number of amides is 2. The van der Waals surface area contributed by atoms with Crippen LogP contribution in [0.4, 0.5) is 0 Å². The number of rotatable bonds is 11. The van der Waals surface area contributed by atoms with Crippen LogP contribution in [0, 0.1) is 0 Å². The predicted octanol–water partition coefficient (Wildman–Crippen LogP) is 0.916. The minimum atomic E-state index is -1.50. The minimum absolute atomic E-state index is 0.214. The van der Waals surface area contributed by atoms with Crippen molar-refractivity contribution >= 4 is 23.6 Å². The van der Waals surface area contributed by atoms with Gasteiger partial charge in [0, 0.05) is 5.56 Å². The summed E-state index contributed by atoms with van der Waals surface area (Å²) in [6, 6.07) is 11.7. The molecular weight excluding hydrogens is 428 g/mol. The number of ketones is 1. The van der Waals surface area contributed by atoms with E-state index in [0.717, 1.165) is 17.5 Å². The van der Waals surface area contributed by atoms with Gasteiger partial charge in [0.15, 0.2) is 5.78 Å². The SMILES string of the molecule is CCc1ccc(-c2ccc(C(=O)N[C@@H](CC(=O)O)C(=O)N[C@H](C(=O)CO)[C@@H](C)O)cc2)cc1. The number of carboxylic acid groups (broad SMARTS) is 1. The maximum atomic E-state index is 12.6. The number of hydrogen-bond donors (Lipinski definition) is 5. The van der Waals surface area contributed by atoms with Gasteiger partial charge in [0.1, 0.15) is 18.7 Å². The zero-order chi connectivity index (χ0) is 24.5. The van der Waals surface area contributed by atoms with E-state index in [1.807, 2.05) is 24.3 Å². The van der Waals surface area contributed by atoms with E-state index in [9.17, 15) is 24.3 Å². The van der Waals surface area contributed by atoms with Crippen molar-refractivity contribution in [2.24, 2.45) is 0 Å². The minimum Gasteiger partial charge on any atom is -0.481 e. The molecule has 0 saturated carbocycles. The standard InChI is InChI=1S/C24H28N2O7/c1-3-15-4-6-16(7-5-15)17-8-10-18(11-9-17)23(32)25-19(12-21(30)31)24(33)26-22(14(2)28)20(29)13-27/h4-11,14,19,22,27-28H,3,12-13H2,1-2H3,(H,25,32)(H,26,33)(H,30,31)/t14-,19+,22+/m1/s1. The lowest BCUT2D eigenvalue weighted by molar-refractivity contribution is -0.140. The number of aliphatic carboxylic acids is 1. The van der Waals surface area contributed by atoms with Crippen LogP contribution in [0.3, 0.4) is 0 Å². The summed E-state index contributed by atoms with van der Waals surface area (Å²) >= 11 is 0. The summed E-state index contributed by atoms with van der Waals surface area (Å²) in [5.74, 6) is -3.83. The summed E-state index contributed by atoms with van der Waals surface area (Å²) < 4.78 is 0. The number of carbonyl (C=O) groups is 4. The third-order valence-corrected chi connectivity index (χ3v) is 5.13. The summed E-state index contributed by atoms with van der Waals surface area (Å²) in [5, 5.41) is 32.4. The first-order valence-corrected chi connectivity index (χ1v) is 10.5. The van der Waals surface area contributed by atoms with Gasteiger partial charge in [-0.15, -0.1) is 0 Å². The van der Waals surface area contributed by atoms with Crippen molar-refractivity contribution in [2.75, 3.05) is 6.61 Å².